The molecule has 0 aromatic heterocycles. The third-order valence-electron chi connectivity index (χ3n) is 4.12. The Morgan fingerprint density at radius 2 is 2.13 bits per heavy atom. The molecule has 1 saturated heterocycles. The third kappa shape index (κ3) is 2.35. The molecule has 15 heavy (non-hydrogen) atoms. The van der Waals surface area contributed by atoms with Gasteiger partial charge in [-0.15, -0.1) is 0 Å². The van der Waals surface area contributed by atoms with Gasteiger partial charge in [-0.2, -0.15) is 0 Å². The van der Waals surface area contributed by atoms with Crippen LogP contribution >= 0.6 is 0 Å². The van der Waals surface area contributed by atoms with E-state index in [1.807, 2.05) is 0 Å². The van der Waals surface area contributed by atoms with Crippen molar-refractivity contribution in [3.8, 4) is 0 Å². The maximum absolute atomic E-state index is 5.91. The summed E-state index contributed by atoms with van der Waals surface area (Å²) in [7, 11) is 0. The van der Waals surface area contributed by atoms with Crippen LogP contribution in [0.4, 0.5) is 0 Å². The molecule has 2 fully saturated rings. The first-order valence-electron chi connectivity index (χ1n) is 6.21. The normalized spacial score (nSPS) is 36.2. The smallest absolute Gasteiger partial charge is 0.0674 e. The first-order chi connectivity index (χ1) is 7.15. The lowest BCUT2D eigenvalue weighted by atomic mass is 9.68. The fourth-order valence-corrected chi connectivity index (χ4v) is 2.73. The summed E-state index contributed by atoms with van der Waals surface area (Å²) in [5.41, 5.74) is 6.34. The summed E-state index contributed by atoms with van der Waals surface area (Å²) >= 11 is 0. The van der Waals surface area contributed by atoms with Crippen LogP contribution < -0.4 is 5.73 Å². The minimum atomic E-state index is 0.385. The number of nitrogens with zero attached hydrogens (tertiary/aromatic N) is 1. The van der Waals surface area contributed by atoms with E-state index in [0.717, 1.165) is 19.7 Å². The quantitative estimate of drug-likeness (QED) is 0.764. The molecule has 1 saturated carbocycles. The number of hydrogen-bond acceptors (Lipinski definition) is 3. The molecule has 0 amide bonds. The van der Waals surface area contributed by atoms with Crippen molar-refractivity contribution in [2.45, 2.75) is 45.3 Å². The minimum absolute atomic E-state index is 0.385. The van der Waals surface area contributed by atoms with Crippen LogP contribution in [0.2, 0.25) is 0 Å². The average Bonchev–Trinajstić information content (AvgIpc) is 2.17. The van der Waals surface area contributed by atoms with Gasteiger partial charge in [0.15, 0.2) is 0 Å². The van der Waals surface area contributed by atoms with E-state index in [2.05, 4.69) is 18.7 Å². The van der Waals surface area contributed by atoms with E-state index in [1.54, 1.807) is 0 Å². The fourth-order valence-electron chi connectivity index (χ4n) is 2.73. The maximum atomic E-state index is 5.91. The summed E-state index contributed by atoms with van der Waals surface area (Å²) < 4.78 is 5.65. The van der Waals surface area contributed by atoms with E-state index in [0.29, 0.717) is 17.6 Å². The Morgan fingerprint density at radius 3 is 2.67 bits per heavy atom. The Bertz CT molecular complexity index is 210. The van der Waals surface area contributed by atoms with Gasteiger partial charge in [0.25, 0.3) is 0 Å². The molecule has 1 heterocycles. The second-order valence-electron chi connectivity index (χ2n) is 5.48. The van der Waals surface area contributed by atoms with Crippen molar-refractivity contribution in [3.05, 3.63) is 0 Å². The van der Waals surface area contributed by atoms with Crippen molar-refractivity contribution in [2.75, 3.05) is 26.2 Å². The summed E-state index contributed by atoms with van der Waals surface area (Å²) in [5, 5.41) is 0. The van der Waals surface area contributed by atoms with Crippen molar-refractivity contribution < 1.29 is 4.74 Å². The molecule has 2 N–H and O–H groups in total. The van der Waals surface area contributed by atoms with Crippen molar-refractivity contribution in [2.24, 2.45) is 11.1 Å². The molecular formula is C12H24N2O. The van der Waals surface area contributed by atoms with Crippen LogP contribution in [-0.4, -0.2) is 43.3 Å². The predicted octanol–water partition coefficient (Wildman–Crippen LogP) is 1.22. The summed E-state index contributed by atoms with van der Waals surface area (Å²) in [6.45, 7) is 8.40. The molecule has 0 radical (unpaired) electrons. The van der Waals surface area contributed by atoms with Gasteiger partial charge in [0.1, 0.15) is 0 Å². The van der Waals surface area contributed by atoms with Crippen molar-refractivity contribution in [3.63, 3.8) is 0 Å². The number of morpholine rings is 1. The predicted molar refractivity (Wildman–Crippen MR) is 61.8 cm³/mol. The Morgan fingerprint density at radius 1 is 1.40 bits per heavy atom. The largest absolute Gasteiger partial charge is 0.376 e. The van der Waals surface area contributed by atoms with Crippen molar-refractivity contribution >= 4 is 0 Å². The van der Waals surface area contributed by atoms with Crippen LogP contribution in [-0.2, 0) is 4.74 Å². The average molecular weight is 212 g/mol. The van der Waals surface area contributed by atoms with Crippen LogP contribution in [0.5, 0.6) is 0 Å². The number of rotatable bonds is 3. The molecule has 2 atom stereocenters. The van der Waals surface area contributed by atoms with Gasteiger partial charge in [0.05, 0.1) is 12.7 Å². The van der Waals surface area contributed by atoms with Crippen LogP contribution in [0.3, 0.4) is 0 Å². The lowest BCUT2D eigenvalue weighted by Crippen LogP contribution is -2.54. The van der Waals surface area contributed by atoms with E-state index in [9.17, 15) is 0 Å². The Labute approximate surface area is 93.0 Å². The Kier molecular flexibility index (Phi) is 3.33. The molecule has 88 valence electrons. The maximum Gasteiger partial charge on any atom is 0.0674 e. The zero-order chi connectivity index (χ0) is 10.9. The van der Waals surface area contributed by atoms with E-state index < -0.39 is 0 Å². The highest BCUT2D eigenvalue weighted by Crippen LogP contribution is 2.41. The van der Waals surface area contributed by atoms with Crippen LogP contribution in [0.25, 0.3) is 0 Å². The van der Waals surface area contributed by atoms with Gasteiger partial charge in [-0.3, -0.25) is 4.90 Å². The van der Waals surface area contributed by atoms with Gasteiger partial charge in [-0.25, -0.2) is 0 Å². The zero-order valence-corrected chi connectivity index (χ0v) is 10.0. The monoisotopic (exact) mass is 212 g/mol. The van der Waals surface area contributed by atoms with Gasteiger partial charge >= 0.3 is 0 Å². The summed E-state index contributed by atoms with van der Waals surface area (Å²) in [6, 6.07) is 0.560. The lowest BCUT2D eigenvalue weighted by molar-refractivity contribution is -0.0714. The third-order valence-corrected chi connectivity index (χ3v) is 4.12. The van der Waals surface area contributed by atoms with Crippen LogP contribution in [0, 0.1) is 5.41 Å². The standard InChI is InChI=1S/C12H24N2O/c1-10-7-15-11(2)6-14(10)9-12(8-13)4-3-5-12/h10-11H,3-9,13H2,1-2H3. The lowest BCUT2D eigenvalue weighted by Gasteiger charge is -2.48. The summed E-state index contributed by atoms with van der Waals surface area (Å²) in [6.07, 6.45) is 4.39. The van der Waals surface area contributed by atoms with E-state index in [4.69, 9.17) is 10.5 Å². The fraction of sp³-hybridized carbons (Fsp3) is 1.00. The Hall–Kier alpha value is -0.120. The van der Waals surface area contributed by atoms with Crippen LogP contribution in [0.1, 0.15) is 33.1 Å². The molecule has 2 unspecified atom stereocenters. The molecule has 2 aliphatic rings. The van der Waals surface area contributed by atoms with Gasteiger partial charge in [0.2, 0.25) is 0 Å². The van der Waals surface area contributed by atoms with Crippen molar-refractivity contribution in [1.29, 1.82) is 0 Å². The van der Waals surface area contributed by atoms with Crippen LogP contribution in [0.15, 0.2) is 0 Å². The second kappa shape index (κ2) is 4.40. The highest BCUT2D eigenvalue weighted by molar-refractivity contribution is 4.93. The molecule has 0 bridgehead atoms. The highest BCUT2D eigenvalue weighted by Gasteiger charge is 2.39. The molecular weight excluding hydrogens is 188 g/mol. The first-order valence-corrected chi connectivity index (χ1v) is 6.21. The number of nitrogens with two attached hydrogens (primary N) is 1. The SMILES string of the molecule is CC1CN(CC2(CN)CCC2)C(C)CO1. The molecule has 1 aliphatic heterocycles. The van der Waals surface area contributed by atoms with E-state index in [1.165, 1.54) is 25.8 Å². The molecule has 0 aromatic carbocycles. The zero-order valence-electron chi connectivity index (χ0n) is 10.0. The Balaban J connectivity index is 1.91. The van der Waals surface area contributed by atoms with Gasteiger partial charge < -0.3 is 10.5 Å². The number of hydrogen-bond donors (Lipinski definition) is 1. The topological polar surface area (TPSA) is 38.5 Å². The minimum Gasteiger partial charge on any atom is -0.376 e. The molecule has 0 spiro atoms. The molecule has 0 aromatic rings. The highest BCUT2D eigenvalue weighted by atomic mass is 16.5. The summed E-state index contributed by atoms with van der Waals surface area (Å²) in [5.74, 6) is 0. The van der Waals surface area contributed by atoms with Crippen molar-refractivity contribution in [1.82, 2.24) is 4.90 Å². The van der Waals surface area contributed by atoms with E-state index in [-0.39, 0.29) is 0 Å². The number of ether oxygens (including phenoxy) is 1. The van der Waals surface area contributed by atoms with Gasteiger partial charge in [0, 0.05) is 19.1 Å². The molecule has 2 rings (SSSR count). The first kappa shape index (κ1) is 11.4. The van der Waals surface area contributed by atoms with E-state index >= 15 is 0 Å². The molecule has 1 aliphatic carbocycles. The van der Waals surface area contributed by atoms with Gasteiger partial charge in [-0.05, 0) is 38.6 Å². The molecule has 3 heteroatoms. The van der Waals surface area contributed by atoms with Gasteiger partial charge in [-0.1, -0.05) is 6.42 Å². The summed E-state index contributed by atoms with van der Waals surface area (Å²) in [4.78, 5) is 2.57. The molecule has 3 nitrogen and oxygen atoms in total. The second-order valence-corrected chi connectivity index (χ2v) is 5.48.